The second-order valence-corrected chi connectivity index (χ2v) is 5.20. The molecule has 2 rings (SSSR count). The van der Waals surface area contributed by atoms with Crippen LogP contribution in [0.15, 0.2) is 35.5 Å². The Bertz CT molecular complexity index is 596. The minimum Gasteiger partial charge on any atom is -0.345 e. The van der Waals surface area contributed by atoms with Crippen molar-refractivity contribution in [2.45, 2.75) is 13.0 Å². The zero-order valence-electron chi connectivity index (χ0n) is 11.5. The minimum absolute atomic E-state index is 0.167. The fraction of sp³-hybridized carbons (Fsp3) is 0.286. The minimum atomic E-state index is -0.549. The van der Waals surface area contributed by atoms with Crippen LogP contribution in [0.4, 0.5) is 4.79 Å². The van der Waals surface area contributed by atoms with Crippen LogP contribution in [0.3, 0.4) is 0 Å². The van der Waals surface area contributed by atoms with E-state index in [2.05, 4.69) is 10.6 Å². The van der Waals surface area contributed by atoms with Crippen LogP contribution in [0.2, 0.25) is 5.02 Å². The van der Waals surface area contributed by atoms with Gasteiger partial charge in [0.1, 0.15) is 0 Å². The number of carbonyl (C=O) groups is 2. The number of benzene rings is 1. The molecule has 2 N–H and O–H groups in total. The molecule has 0 aromatic heterocycles. The highest BCUT2D eigenvalue weighted by Crippen LogP contribution is 2.31. The van der Waals surface area contributed by atoms with Gasteiger partial charge in [0, 0.05) is 24.8 Å². The van der Waals surface area contributed by atoms with Crippen LogP contribution in [-0.4, -0.2) is 30.9 Å². The highest BCUT2D eigenvalue weighted by atomic mass is 35.5. The number of nitrogens with one attached hydrogen (secondary N) is 2. The van der Waals surface area contributed by atoms with Crippen LogP contribution < -0.4 is 10.6 Å². The molecule has 0 fully saturated rings. The molecule has 5 nitrogen and oxygen atoms in total. The highest BCUT2D eigenvalue weighted by molar-refractivity contribution is 6.31. The fourth-order valence-corrected chi connectivity index (χ4v) is 2.41. The zero-order chi connectivity index (χ0) is 14.9. The van der Waals surface area contributed by atoms with Crippen LogP contribution in [0.25, 0.3) is 0 Å². The maximum atomic E-state index is 12.3. The van der Waals surface area contributed by atoms with Crippen molar-refractivity contribution in [1.29, 1.82) is 0 Å². The van der Waals surface area contributed by atoms with E-state index in [0.717, 1.165) is 0 Å². The molecule has 0 radical (unpaired) electrons. The number of halogens is 1. The van der Waals surface area contributed by atoms with E-state index in [4.69, 9.17) is 11.6 Å². The van der Waals surface area contributed by atoms with E-state index in [-0.39, 0.29) is 11.9 Å². The standard InChI is InChI=1S/C14H16ClN3O2/c1-8-11(13(19)18(2)3)12(17-14(20)16-8)9-6-4-5-7-10(9)15/h4-7,12H,1-3H3,(H2,16,17,20)/t12-/m1/s1. The summed E-state index contributed by atoms with van der Waals surface area (Å²) in [5.74, 6) is -0.167. The maximum absolute atomic E-state index is 12.3. The summed E-state index contributed by atoms with van der Waals surface area (Å²) in [4.78, 5) is 25.5. The molecule has 0 bridgehead atoms. The third-order valence-electron chi connectivity index (χ3n) is 3.12. The van der Waals surface area contributed by atoms with Crippen LogP contribution in [0.5, 0.6) is 0 Å². The molecule has 1 atom stereocenters. The molecule has 1 aromatic carbocycles. The smallest absolute Gasteiger partial charge is 0.319 e. The number of allylic oxidation sites excluding steroid dienone is 1. The van der Waals surface area contributed by atoms with Crippen molar-refractivity contribution >= 4 is 23.5 Å². The highest BCUT2D eigenvalue weighted by Gasteiger charge is 2.32. The Hall–Kier alpha value is -2.01. The Morgan fingerprint density at radius 2 is 1.95 bits per heavy atom. The molecule has 0 aliphatic carbocycles. The number of carbonyl (C=O) groups excluding carboxylic acids is 2. The van der Waals surface area contributed by atoms with E-state index in [1.54, 1.807) is 39.2 Å². The van der Waals surface area contributed by atoms with Crippen LogP contribution >= 0.6 is 11.6 Å². The molecule has 6 heteroatoms. The van der Waals surface area contributed by atoms with Crippen molar-refractivity contribution in [3.63, 3.8) is 0 Å². The second-order valence-electron chi connectivity index (χ2n) is 4.79. The Labute approximate surface area is 122 Å². The van der Waals surface area contributed by atoms with Gasteiger partial charge in [-0.25, -0.2) is 4.79 Å². The molecular weight excluding hydrogens is 278 g/mol. The van der Waals surface area contributed by atoms with Crippen molar-refractivity contribution < 1.29 is 9.59 Å². The van der Waals surface area contributed by atoms with E-state index in [1.165, 1.54) is 4.90 Å². The summed E-state index contributed by atoms with van der Waals surface area (Å²) in [6.07, 6.45) is 0. The Morgan fingerprint density at radius 3 is 2.55 bits per heavy atom. The third-order valence-corrected chi connectivity index (χ3v) is 3.47. The van der Waals surface area contributed by atoms with Gasteiger partial charge < -0.3 is 15.5 Å². The first-order valence-corrected chi connectivity index (χ1v) is 6.54. The first-order valence-electron chi connectivity index (χ1n) is 6.16. The molecule has 106 valence electrons. The van der Waals surface area contributed by atoms with Crippen molar-refractivity contribution in [2.24, 2.45) is 0 Å². The quantitative estimate of drug-likeness (QED) is 0.877. The topological polar surface area (TPSA) is 61.4 Å². The average Bonchev–Trinajstić information content (AvgIpc) is 2.37. The second kappa shape index (κ2) is 5.54. The van der Waals surface area contributed by atoms with Gasteiger partial charge in [-0.1, -0.05) is 29.8 Å². The molecule has 0 unspecified atom stereocenters. The van der Waals surface area contributed by atoms with E-state index in [0.29, 0.717) is 21.9 Å². The molecular formula is C14H16ClN3O2. The predicted octanol–water partition coefficient (Wildman–Crippen LogP) is 2.06. The lowest BCUT2D eigenvalue weighted by Gasteiger charge is -2.30. The van der Waals surface area contributed by atoms with Crippen molar-refractivity contribution in [2.75, 3.05) is 14.1 Å². The van der Waals surface area contributed by atoms with Crippen LogP contribution in [0, 0.1) is 0 Å². The molecule has 1 aliphatic rings. The number of hydrogen-bond donors (Lipinski definition) is 2. The van der Waals surface area contributed by atoms with E-state index in [1.807, 2.05) is 6.07 Å². The van der Waals surface area contributed by atoms with Crippen molar-refractivity contribution in [3.05, 3.63) is 46.1 Å². The first-order chi connectivity index (χ1) is 9.41. The predicted molar refractivity (Wildman–Crippen MR) is 77.3 cm³/mol. The zero-order valence-corrected chi connectivity index (χ0v) is 12.3. The number of hydrogen-bond acceptors (Lipinski definition) is 2. The molecule has 0 spiro atoms. The lowest BCUT2D eigenvalue weighted by Crippen LogP contribution is -2.46. The molecule has 1 heterocycles. The number of urea groups is 1. The van der Waals surface area contributed by atoms with Gasteiger partial charge in [-0.05, 0) is 18.6 Å². The Balaban J connectivity index is 2.54. The van der Waals surface area contributed by atoms with E-state index < -0.39 is 6.04 Å². The maximum Gasteiger partial charge on any atom is 0.319 e. The summed E-state index contributed by atoms with van der Waals surface area (Å²) < 4.78 is 0. The first kappa shape index (κ1) is 14.4. The van der Waals surface area contributed by atoms with Gasteiger partial charge in [-0.2, -0.15) is 0 Å². The van der Waals surface area contributed by atoms with Crippen LogP contribution in [0.1, 0.15) is 18.5 Å². The Kier molecular flexibility index (Phi) is 3.99. The summed E-state index contributed by atoms with van der Waals surface area (Å²) in [6.45, 7) is 1.71. The van der Waals surface area contributed by atoms with Gasteiger partial charge in [0.2, 0.25) is 0 Å². The Morgan fingerprint density at radius 1 is 1.30 bits per heavy atom. The molecule has 1 aliphatic heterocycles. The van der Waals surface area contributed by atoms with Crippen molar-refractivity contribution in [3.8, 4) is 0 Å². The van der Waals surface area contributed by atoms with E-state index >= 15 is 0 Å². The number of likely N-dealkylation sites (N-methyl/N-ethyl adjacent to an activating group) is 1. The monoisotopic (exact) mass is 293 g/mol. The number of amides is 3. The number of rotatable bonds is 2. The van der Waals surface area contributed by atoms with Gasteiger partial charge in [0.15, 0.2) is 0 Å². The molecule has 20 heavy (non-hydrogen) atoms. The normalized spacial score (nSPS) is 18.4. The number of nitrogens with zero attached hydrogens (tertiary/aromatic N) is 1. The summed E-state index contributed by atoms with van der Waals surface area (Å²) in [5, 5.41) is 5.88. The fourth-order valence-electron chi connectivity index (χ4n) is 2.16. The molecule has 1 aromatic rings. The summed E-state index contributed by atoms with van der Waals surface area (Å²) >= 11 is 6.18. The van der Waals surface area contributed by atoms with Gasteiger partial charge >= 0.3 is 6.03 Å². The summed E-state index contributed by atoms with van der Waals surface area (Å²) in [6, 6.07) is 6.27. The molecule has 0 saturated heterocycles. The largest absolute Gasteiger partial charge is 0.345 e. The molecule has 0 saturated carbocycles. The van der Waals surface area contributed by atoms with Gasteiger partial charge in [-0.15, -0.1) is 0 Å². The van der Waals surface area contributed by atoms with Crippen molar-refractivity contribution in [1.82, 2.24) is 15.5 Å². The van der Waals surface area contributed by atoms with Gasteiger partial charge in [0.05, 0.1) is 11.6 Å². The summed E-state index contributed by atoms with van der Waals surface area (Å²) in [7, 11) is 3.34. The lowest BCUT2D eigenvalue weighted by atomic mass is 9.94. The van der Waals surface area contributed by atoms with Gasteiger partial charge in [-0.3, -0.25) is 4.79 Å². The van der Waals surface area contributed by atoms with E-state index in [9.17, 15) is 9.59 Å². The SMILES string of the molecule is CC1=C(C(=O)N(C)C)[C@@H](c2ccccc2Cl)NC(=O)N1. The van der Waals surface area contributed by atoms with Crippen LogP contribution in [-0.2, 0) is 4.79 Å². The average molecular weight is 294 g/mol. The van der Waals surface area contributed by atoms with Gasteiger partial charge in [0.25, 0.3) is 5.91 Å². The third kappa shape index (κ3) is 2.63. The lowest BCUT2D eigenvalue weighted by molar-refractivity contribution is -0.125. The molecule has 3 amide bonds. The summed E-state index contributed by atoms with van der Waals surface area (Å²) in [5.41, 5.74) is 1.73.